The number of aliphatic carboxylic acids is 2. The van der Waals surface area contributed by atoms with Crippen molar-refractivity contribution in [3.63, 3.8) is 0 Å². The molecule has 0 spiro atoms. The average molecular weight is 388 g/mol. The molecule has 0 radical (unpaired) electrons. The van der Waals surface area contributed by atoms with E-state index in [1.54, 1.807) is 12.5 Å². The molecule has 29 heavy (non-hydrogen) atoms. The molecule has 2 heterocycles. The Morgan fingerprint density at radius 2 is 1.69 bits per heavy atom. The van der Waals surface area contributed by atoms with Crippen LogP contribution in [-0.4, -0.2) is 41.7 Å². The summed E-state index contributed by atoms with van der Waals surface area (Å²) < 4.78 is 1.96. The van der Waals surface area contributed by atoms with Crippen LogP contribution in [0.5, 0.6) is 0 Å². The highest BCUT2D eigenvalue weighted by atomic mass is 16.4. The Kier molecular flexibility index (Phi) is 6.06. The third kappa shape index (κ3) is 5.33. The van der Waals surface area contributed by atoms with Crippen molar-refractivity contribution in [3.8, 4) is 17.1 Å². The molecule has 0 aliphatic rings. The zero-order chi connectivity index (χ0) is 20.6. The highest BCUT2D eigenvalue weighted by Crippen LogP contribution is 2.20. The van der Waals surface area contributed by atoms with E-state index in [1.165, 1.54) is 0 Å². The second-order valence-electron chi connectivity index (χ2n) is 5.78. The third-order valence-corrected chi connectivity index (χ3v) is 3.77. The van der Waals surface area contributed by atoms with Gasteiger partial charge in [0.1, 0.15) is 0 Å². The molecule has 0 amide bonds. The maximum atomic E-state index is 9.55. The molecule has 0 fully saturated rings. The van der Waals surface area contributed by atoms with E-state index in [1.807, 2.05) is 59.4 Å². The second kappa shape index (κ2) is 9.05. The van der Waals surface area contributed by atoms with Gasteiger partial charge < -0.3 is 14.8 Å². The van der Waals surface area contributed by atoms with E-state index in [0.717, 1.165) is 28.0 Å². The number of nitrogens with zero attached hydrogens (tertiary/aromatic N) is 4. The minimum absolute atomic E-state index is 0.558. The number of carboxylic acid groups (broad SMARTS) is 2. The number of carbonyl (C=O) groups is 2. The van der Waals surface area contributed by atoms with E-state index in [4.69, 9.17) is 10.2 Å². The van der Waals surface area contributed by atoms with E-state index in [0.29, 0.717) is 12.2 Å². The van der Waals surface area contributed by atoms with Crippen molar-refractivity contribution in [1.82, 2.24) is 19.5 Å². The summed E-state index contributed by atoms with van der Waals surface area (Å²) in [5, 5.41) is 16.6. The van der Waals surface area contributed by atoms with Crippen LogP contribution >= 0.6 is 0 Å². The number of rotatable bonds is 4. The number of imidazole rings is 1. The van der Waals surface area contributed by atoms with Crippen molar-refractivity contribution < 1.29 is 19.8 Å². The Hall–Kier alpha value is -4.33. The van der Waals surface area contributed by atoms with E-state index in [9.17, 15) is 9.59 Å². The minimum atomic E-state index is -1.26. The van der Waals surface area contributed by atoms with E-state index >= 15 is 0 Å². The SMILES string of the molecule is O=C(O)/C=C\C(=O)O.c1ccc(-c2ncc3cc(-n4ccnc4)ccc3n2)cc1. The Morgan fingerprint density at radius 1 is 0.966 bits per heavy atom. The van der Waals surface area contributed by atoms with E-state index in [-0.39, 0.29) is 0 Å². The molecule has 4 rings (SSSR count). The molecule has 0 aliphatic carbocycles. The first-order chi connectivity index (χ1) is 14.0. The maximum Gasteiger partial charge on any atom is 0.328 e. The van der Waals surface area contributed by atoms with Gasteiger partial charge in [-0.3, -0.25) is 0 Å². The number of hydrogen-bond donors (Lipinski definition) is 2. The van der Waals surface area contributed by atoms with Crippen molar-refractivity contribution in [1.29, 1.82) is 0 Å². The fourth-order valence-corrected chi connectivity index (χ4v) is 2.46. The normalized spacial score (nSPS) is 10.5. The highest BCUT2D eigenvalue weighted by molar-refractivity contribution is 5.89. The lowest BCUT2D eigenvalue weighted by atomic mass is 10.2. The molecule has 0 saturated heterocycles. The summed E-state index contributed by atoms with van der Waals surface area (Å²) in [6.45, 7) is 0. The van der Waals surface area contributed by atoms with Gasteiger partial charge in [-0.15, -0.1) is 0 Å². The number of carboxylic acids is 2. The molecule has 0 unspecified atom stereocenters. The van der Waals surface area contributed by atoms with Crippen molar-refractivity contribution in [2.75, 3.05) is 0 Å². The Morgan fingerprint density at radius 3 is 2.31 bits per heavy atom. The van der Waals surface area contributed by atoms with Gasteiger partial charge in [0.2, 0.25) is 0 Å². The minimum Gasteiger partial charge on any atom is -0.478 e. The quantitative estimate of drug-likeness (QED) is 0.515. The van der Waals surface area contributed by atoms with Gasteiger partial charge in [0.05, 0.1) is 11.8 Å². The van der Waals surface area contributed by atoms with Crippen LogP contribution in [0.3, 0.4) is 0 Å². The van der Waals surface area contributed by atoms with Crippen LogP contribution in [0.2, 0.25) is 0 Å². The van der Waals surface area contributed by atoms with Crippen LogP contribution in [-0.2, 0) is 9.59 Å². The van der Waals surface area contributed by atoms with E-state index < -0.39 is 11.9 Å². The van der Waals surface area contributed by atoms with Gasteiger partial charge in [0.25, 0.3) is 0 Å². The molecule has 2 N–H and O–H groups in total. The fraction of sp³-hybridized carbons (Fsp3) is 0. The summed E-state index contributed by atoms with van der Waals surface area (Å²) in [5.41, 5.74) is 3.02. The molecule has 8 nitrogen and oxygen atoms in total. The predicted molar refractivity (Wildman–Crippen MR) is 107 cm³/mol. The molecule has 0 saturated carbocycles. The Labute approximate surface area is 165 Å². The standard InChI is InChI=1S/C17H12N4.C4H4O4/c1-2-4-13(5-3-1)17-19-11-14-10-15(6-7-16(14)20-17)21-9-8-18-12-21;5-3(6)1-2-4(7)8/h1-12H;1-2H,(H,5,6)(H,7,8)/b;2-1-. The summed E-state index contributed by atoms with van der Waals surface area (Å²) in [5.74, 6) is -1.77. The zero-order valence-corrected chi connectivity index (χ0v) is 15.1. The molecule has 0 atom stereocenters. The topological polar surface area (TPSA) is 118 Å². The lowest BCUT2D eigenvalue weighted by Crippen LogP contribution is -1.93. The lowest BCUT2D eigenvalue weighted by Gasteiger charge is -2.05. The molecule has 0 aliphatic heterocycles. The van der Waals surface area contributed by atoms with Crippen molar-refractivity contribution in [2.24, 2.45) is 0 Å². The third-order valence-electron chi connectivity index (χ3n) is 3.77. The molecule has 2 aromatic carbocycles. The van der Waals surface area contributed by atoms with Gasteiger partial charge >= 0.3 is 11.9 Å². The maximum absolute atomic E-state index is 9.55. The largest absolute Gasteiger partial charge is 0.478 e. The summed E-state index contributed by atoms with van der Waals surface area (Å²) in [7, 11) is 0. The molecule has 0 bridgehead atoms. The van der Waals surface area contributed by atoms with Crippen LogP contribution in [0.1, 0.15) is 0 Å². The Balaban J connectivity index is 0.000000258. The molecular formula is C21H16N4O4. The summed E-state index contributed by atoms with van der Waals surface area (Å²) in [6, 6.07) is 16.1. The van der Waals surface area contributed by atoms with Gasteiger partial charge in [0, 0.05) is 47.4 Å². The molecular weight excluding hydrogens is 372 g/mol. The molecule has 4 aromatic rings. The van der Waals surface area contributed by atoms with Crippen LogP contribution in [0.25, 0.3) is 28.0 Å². The van der Waals surface area contributed by atoms with Gasteiger partial charge in [-0.05, 0) is 18.2 Å². The van der Waals surface area contributed by atoms with Crippen LogP contribution in [0.15, 0.2) is 85.6 Å². The zero-order valence-electron chi connectivity index (χ0n) is 15.1. The molecule has 144 valence electrons. The van der Waals surface area contributed by atoms with E-state index in [2.05, 4.69) is 21.0 Å². The van der Waals surface area contributed by atoms with Gasteiger partial charge in [-0.2, -0.15) is 0 Å². The number of fused-ring (bicyclic) bond motifs is 1. The van der Waals surface area contributed by atoms with Crippen molar-refractivity contribution >= 4 is 22.8 Å². The smallest absolute Gasteiger partial charge is 0.328 e. The summed E-state index contributed by atoms with van der Waals surface area (Å²) >= 11 is 0. The van der Waals surface area contributed by atoms with Gasteiger partial charge in [-0.1, -0.05) is 30.3 Å². The van der Waals surface area contributed by atoms with Crippen molar-refractivity contribution in [3.05, 3.63) is 85.6 Å². The van der Waals surface area contributed by atoms with Crippen LogP contribution in [0.4, 0.5) is 0 Å². The number of aromatic nitrogens is 4. The second-order valence-corrected chi connectivity index (χ2v) is 5.78. The van der Waals surface area contributed by atoms with Gasteiger partial charge in [-0.25, -0.2) is 24.5 Å². The predicted octanol–water partition coefficient (Wildman–Crippen LogP) is 3.19. The molecule has 8 heteroatoms. The van der Waals surface area contributed by atoms with Crippen LogP contribution < -0.4 is 0 Å². The number of hydrogen-bond acceptors (Lipinski definition) is 5. The monoisotopic (exact) mass is 388 g/mol. The van der Waals surface area contributed by atoms with Crippen LogP contribution in [0, 0.1) is 0 Å². The first-order valence-corrected chi connectivity index (χ1v) is 8.47. The highest BCUT2D eigenvalue weighted by Gasteiger charge is 2.04. The van der Waals surface area contributed by atoms with Gasteiger partial charge in [0.15, 0.2) is 5.82 Å². The fourth-order valence-electron chi connectivity index (χ4n) is 2.46. The number of benzene rings is 2. The first kappa shape index (κ1) is 19.4. The average Bonchev–Trinajstić information content (AvgIpc) is 3.27. The summed E-state index contributed by atoms with van der Waals surface area (Å²) in [4.78, 5) is 32.3. The Bertz CT molecular complexity index is 1140. The summed E-state index contributed by atoms with van der Waals surface area (Å²) in [6.07, 6.45) is 8.44. The molecule has 2 aromatic heterocycles. The lowest BCUT2D eigenvalue weighted by molar-refractivity contribution is -0.134. The first-order valence-electron chi connectivity index (χ1n) is 8.47. The van der Waals surface area contributed by atoms with Crippen molar-refractivity contribution in [2.45, 2.75) is 0 Å².